The molecule has 1 amide bonds. The number of amides is 1. The van der Waals surface area contributed by atoms with Crippen LogP contribution in [0.25, 0.3) is 0 Å². The molecule has 4 nitrogen and oxygen atoms in total. The van der Waals surface area contributed by atoms with Crippen molar-refractivity contribution in [1.29, 1.82) is 0 Å². The van der Waals surface area contributed by atoms with Crippen LogP contribution < -0.4 is 10.9 Å². The summed E-state index contributed by atoms with van der Waals surface area (Å²) >= 11 is 1.70. The monoisotopic (exact) mass is 302 g/mol. The predicted molar refractivity (Wildman–Crippen MR) is 86.0 cm³/mol. The maximum atomic E-state index is 11.8. The average Bonchev–Trinajstić information content (AvgIpc) is 2.47. The molecule has 2 N–H and O–H groups in total. The predicted octanol–water partition coefficient (Wildman–Crippen LogP) is 2.51. The Morgan fingerprint density at radius 1 is 1.19 bits per heavy atom. The number of nitrogens with one attached hydrogen (secondary N) is 2. The highest BCUT2D eigenvalue weighted by atomic mass is 32.2. The molecule has 0 bridgehead atoms. The van der Waals surface area contributed by atoms with Crippen LogP contribution in [0.15, 0.2) is 46.2 Å². The Labute approximate surface area is 128 Å². The first-order valence-electron chi connectivity index (χ1n) is 6.73. The van der Waals surface area contributed by atoms with Crippen LogP contribution in [0.2, 0.25) is 0 Å². The quantitative estimate of drug-likeness (QED) is 0.659. The van der Waals surface area contributed by atoms with E-state index in [1.165, 1.54) is 28.3 Å². The van der Waals surface area contributed by atoms with Gasteiger partial charge < -0.3 is 10.3 Å². The van der Waals surface area contributed by atoms with Crippen molar-refractivity contribution in [2.45, 2.75) is 18.7 Å². The average molecular weight is 302 g/mol. The molecule has 5 heteroatoms. The first-order chi connectivity index (χ1) is 10.1. The standard InChI is InChI=1S/C16H18N2O2S/c1-11-3-4-14(9-12(11)2)21-8-7-18-16(20)13-5-6-17-15(19)10-13/h3-6,9-10H,7-8H2,1-2H3,(H,17,19)(H,18,20). The van der Waals surface area contributed by atoms with Crippen molar-refractivity contribution in [2.24, 2.45) is 0 Å². The highest BCUT2D eigenvalue weighted by Gasteiger charge is 2.05. The van der Waals surface area contributed by atoms with Crippen LogP contribution in [0, 0.1) is 13.8 Å². The van der Waals surface area contributed by atoms with E-state index in [1.54, 1.807) is 17.8 Å². The van der Waals surface area contributed by atoms with Crippen molar-refractivity contribution >= 4 is 17.7 Å². The molecule has 0 saturated carbocycles. The van der Waals surface area contributed by atoms with Gasteiger partial charge in [0, 0.05) is 35.0 Å². The van der Waals surface area contributed by atoms with Gasteiger partial charge >= 0.3 is 0 Å². The maximum Gasteiger partial charge on any atom is 0.251 e. The molecule has 0 aliphatic rings. The summed E-state index contributed by atoms with van der Waals surface area (Å²) in [4.78, 5) is 26.6. The molecule has 0 spiro atoms. The zero-order valence-electron chi connectivity index (χ0n) is 12.1. The second-order valence-corrected chi connectivity index (χ2v) is 5.96. The number of aromatic amines is 1. The Morgan fingerprint density at radius 3 is 2.71 bits per heavy atom. The van der Waals surface area contributed by atoms with Gasteiger partial charge in [0.25, 0.3) is 5.91 Å². The zero-order valence-corrected chi connectivity index (χ0v) is 12.9. The van der Waals surface area contributed by atoms with Gasteiger partial charge in [0.15, 0.2) is 0 Å². The van der Waals surface area contributed by atoms with Crippen molar-refractivity contribution in [3.63, 3.8) is 0 Å². The van der Waals surface area contributed by atoms with Gasteiger partial charge in [-0.05, 0) is 43.2 Å². The van der Waals surface area contributed by atoms with Crippen LogP contribution >= 0.6 is 11.8 Å². The Bertz CT molecular complexity index is 695. The van der Waals surface area contributed by atoms with Gasteiger partial charge in [-0.25, -0.2) is 0 Å². The molecule has 1 heterocycles. The van der Waals surface area contributed by atoms with Gasteiger partial charge in [-0.1, -0.05) is 6.07 Å². The van der Waals surface area contributed by atoms with Crippen LogP contribution in [0.3, 0.4) is 0 Å². The number of thioether (sulfide) groups is 1. The van der Waals surface area contributed by atoms with E-state index in [9.17, 15) is 9.59 Å². The van der Waals surface area contributed by atoms with Crippen molar-refractivity contribution < 1.29 is 4.79 Å². The summed E-state index contributed by atoms with van der Waals surface area (Å²) in [5.41, 5.74) is 2.66. The van der Waals surface area contributed by atoms with Crippen molar-refractivity contribution in [3.8, 4) is 0 Å². The number of aryl methyl sites for hydroxylation is 2. The largest absolute Gasteiger partial charge is 0.351 e. The SMILES string of the molecule is Cc1ccc(SCCNC(=O)c2cc[nH]c(=O)c2)cc1C. The molecule has 110 valence electrons. The summed E-state index contributed by atoms with van der Waals surface area (Å²) in [6.45, 7) is 4.74. The van der Waals surface area contributed by atoms with Crippen molar-refractivity contribution in [1.82, 2.24) is 10.3 Å². The molecule has 1 aromatic heterocycles. The fourth-order valence-corrected chi connectivity index (χ4v) is 2.69. The molecule has 0 aliphatic carbocycles. The van der Waals surface area contributed by atoms with Gasteiger partial charge in [0.05, 0.1) is 0 Å². The third-order valence-electron chi connectivity index (χ3n) is 3.17. The number of hydrogen-bond donors (Lipinski definition) is 2. The first kappa shape index (κ1) is 15.4. The topological polar surface area (TPSA) is 62.0 Å². The minimum atomic E-state index is -0.271. The van der Waals surface area contributed by atoms with Crippen LogP contribution in [0.4, 0.5) is 0 Å². The molecule has 0 atom stereocenters. The molecular weight excluding hydrogens is 284 g/mol. The Kier molecular flexibility index (Phi) is 5.22. The maximum absolute atomic E-state index is 11.8. The summed E-state index contributed by atoms with van der Waals surface area (Å²) in [5.74, 6) is 0.569. The fraction of sp³-hybridized carbons (Fsp3) is 0.250. The number of hydrogen-bond acceptors (Lipinski definition) is 3. The van der Waals surface area contributed by atoms with Gasteiger partial charge in [-0.2, -0.15) is 0 Å². The summed E-state index contributed by atoms with van der Waals surface area (Å²) in [6.07, 6.45) is 1.47. The number of benzene rings is 1. The Balaban J connectivity index is 1.80. The molecule has 0 aliphatic heterocycles. The van der Waals surface area contributed by atoms with E-state index in [4.69, 9.17) is 0 Å². The molecular formula is C16H18N2O2S. The molecule has 0 saturated heterocycles. The summed E-state index contributed by atoms with van der Waals surface area (Å²) in [7, 11) is 0. The highest BCUT2D eigenvalue weighted by molar-refractivity contribution is 7.99. The summed E-state index contributed by atoms with van der Waals surface area (Å²) in [5, 5.41) is 2.81. The molecule has 0 fully saturated rings. The van der Waals surface area contributed by atoms with Gasteiger partial charge in [0.2, 0.25) is 5.56 Å². The smallest absolute Gasteiger partial charge is 0.251 e. The Hall–Kier alpha value is -2.01. The third-order valence-corrected chi connectivity index (χ3v) is 4.17. The molecule has 0 radical (unpaired) electrons. The van der Waals surface area contributed by atoms with E-state index in [2.05, 4.69) is 42.3 Å². The van der Waals surface area contributed by atoms with Crippen LogP contribution in [-0.4, -0.2) is 23.2 Å². The van der Waals surface area contributed by atoms with E-state index < -0.39 is 0 Å². The van der Waals surface area contributed by atoms with E-state index in [0.717, 1.165) is 5.75 Å². The van der Waals surface area contributed by atoms with Crippen LogP contribution in [0.1, 0.15) is 21.5 Å². The Morgan fingerprint density at radius 2 is 2.00 bits per heavy atom. The number of aromatic nitrogens is 1. The van der Waals surface area contributed by atoms with Crippen molar-refractivity contribution in [2.75, 3.05) is 12.3 Å². The van der Waals surface area contributed by atoms with E-state index in [1.807, 2.05) is 0 Å². The minimum absolute atomic E-state index is 0.221. The van der Waals surface area contributed by atoms with Crippen LogP contribution in [-0.2, 0) is 0 Å². The minimum Gasteiger partial charge on any atom is -0.351 e. The second-order valence-electron chi connectivity index (χ2n) is 4.79. The lowest BCUT2D eigenvalue weighted by Gasteiger charge is -2.06. The summed E-state index contributed by atoms with van der Waals surface area (Å²) in [6, 6.07) is 9.23. The summed E-state index contributed by atoms with van der Waals surface area (Å²) < 4.78 is 0. The van der Waals surface area contributed by atoms with E-state index in [0.29, 0.717) is 12.1 Å². The number of carbonyl (C=O) groups is 1. The first-order valence-corrected chi connectivity index (χ1v) is 7.72. The normalized spacial score (nSPS) is 10.4. The lowest BCUT2D eigenvalue weighted by Crippen LogP contribution is -2.26. The third kappa shape index (κ3) is 4.49. The molecule has 0 unspecified atom stereocenters. The highest BCUT2D eigenvalue weighted by Crippen LogP contribution is 2.20. The lowest BCUT2D eigenvalue weighted by atomic mass is 10.1. The van der Waals surface area contributed by atoms with Crippen LogP contribution in [0.5, 0.6) is 0 Å². The van der Waals surface area contributed by atoms with Gasteiger partial charge in [-0.15, -0.1) is 11.8 Å². The number of rotatable bonds is 5. The number of pyridine rings is 1. The van der Waals surface area contributed by atoms with Gasteiger partial charge in [-0.3, -0.25) is 9.59 Å². The zero-order chi connectivity index (χ0) is 15.2. The fourth-order valence-electron chi connectivity index (χ4n) is 1.83. The van der Waals surface area contributed by atoms with E-state index >= 15 is 0 Å². The molecule has 1 aromatic carbocycles. The molecule has 2 aromatic rings. The van der Waals surface area contributed by atoms with Crippen molar-refractivity contribution in [3.05, 3.63) is 63.6 Å². The number of H-pyrrole nitrogens is 1. The lowest BCUT2D eigenvalue weighted by molar-refractivity contribution is 0.0956. The van der Waals surface area contributed by atoms with E-state index in [-0.39, 0.29) is 11.5 Å². The molecule has 2 rings (SSSR count). The number of carbonyl (C=O) groups excluding carboxylic acids is 1. The van der Waals surface area contributed by atoms with Gasteiger partial charge in [0.1, 0.15) is 0 Å². The molecule has 21 heavy (non-hydrogen) atoms. The second kappa shape index (κ2) is 7.13.